The van der Waals surface area contributed by atoms with Crippen LogP contribution in [0.25, 0.3) is 10.9 Å². The van der Waals surface area contributed by atoms with Crippen LogP contribution < -0.4 is 10.2 Å². The Labute approximate surface area is 114 Å². The molecule has 100 valence electrons. The smallest absolute Gasteiger partial charge is 0.298 e. The van der Waals surface area contributed by atoms with Crippen LogP contribution in [0.3, 0.4) is 0 Å². The Kier molecular flexibility index (Phi) is 2.90. The molecule has 1 aliphatic rings. The molecule has 6 nitrogen and oxygen atoms in total. The number of nitrogens with zero attached hydrogens (tertiary/aromatic N) is 2. The molecule has 6 heteroatoms. The largest absolute Gasteiger partial charge is 0.328 e. The van der Waals surface area contributed by atoms with Gasteiger partial charge in [0.2, 0.25) is 5.91 Å². The van der Waals surface area contributed by atoms with Gasteiger partial charge in [0, 0.05) is 23.9 Å². The lowest BCUT2D eigenvalue weighted by Gasteiger charge is -2.26. The van der Waals surface area contributed by atoms with Crippen molar-refractivity contribution in [2.24, 2.45) is 0 Å². The molecule has 0 saturated carbocycles. The number of hydrogen-bond acceptors (Lipinski definition) is 4. The number of carbonyl (C=O) groups excluding carboxylic acids is 3. The number of aldehydes is 1. The second-order valence-corrected chi connectivity index (χ2v) is 4.52. The maximum atomic E-state index is 11.8. The Hall–Kier alpha value is -2.76. The van der Waals surface area contributed by atoms with Gasteiger partial charge in [-0.2, -0.15) is 0 Å². The van der Waals surface area contributed by atoms with E-state index in [1.54, 1.807) is 30.5 Å². The van der Waals surface area contributed by atoms with Crippen molar-refractivity contribution in [3.8, 4) is 0 Å². The highest BCUT2D eigenvalue weighted by Gasteiger charge is 2.24. The molecular weight excluding hydrogens is 258 g/mol. The molecule has 1 N–H and O–H groups in total. The molecule has 0 bridgehead atoms. The van der Waals surface area contributed by atoms with E-state index < -0.39 is 6.03 Å². The van der Waals surface area contributed by atoms with E-state index in [2.05, 4.69) is 10.3 Å². The van der Waals surface area contributed by atoms with Gasteiger partial charge < -0.3 is 0 Å². The van der Waals surface area contributed by atoms with Gasteiger partial charge in [0.15, 0.2) is 0 Å². The first kappa shape index (κ1) is 12.3. The van der Waals surface area contributed by atoms with Gasteiger partial charge in [-0.1, -0.05) is 0 Å². The lowest BCUT2D eigenvalue weighted by Crippen LogP contribution is -2.49. The molecule has 0 spiro atoms. The fraction of sp³-hybridized carbons (Fsp3) is 0.143. The third kappa shape index (κ3) is 2.11. The summed E-state index contributed by atoms with van der Waals surface area (Å²) in [7, 11) is 0. The minimum absolute atomic E-state index is 0.262. The highest BCUT2D eigenvalue weighted by Crippen LogP contribution is 2.22. The van der Waals surface area contributed by atoms with Crippen molar-refractivity contribution in [1.29, 1.82) is 0 Å². The molecule has 0 aliphatic carbocycles. The SMILES string of the molecule is O=Cc1ccc2ncc(N3CCC(=O)NC3=O)cc2c1. The molecule has 1 aromatic carbocycles. The number of imide groups is 1. The number of nitrogens with one attached hydrogen (secondary N) is 1. The Morgan fingerprint density at radius 3 is 2.85 bits per heavy atom. The molecule has 3 amide bonds. The number of benzene rings is 1. The van der Waals surface area contributed by atoms with Crippen LogP contribution in [-0.2, 0) is 4.79 Å². The van der Waals surface area contributed by atoms with Crippen molar-refractivity contribution in [2.45, 2.75) is 6.42 Å². The fourth-order valence-electron chi connectivity index (χ4n) is 2.17. The maximum absolute atomic E-state index is 11.8. The Morgan fingerprint density at radius 2 is 2.10 bits per heavy atom. The van der Waals surface area contributed by atoms with Crippen molar-refractivity contribution in [2.75, 3.05) is 11.4 Å². The second-order valence-electron chi connectivity index (χ2n) is 4.52. The number of hydrogen-bond donors (Lipinski definition) is 1. The number of carbonyl (C=O) groups is 3. The maximum Gasteiger partial charge on any atom is 0.328 e. The van der Waals surface area contributed by atoms with Crippen LogP contribution in [0.4, 0.5) is 10.5 Å². The molecule has 0 unspecified atom stereocenters. The predicted octanol–water partition coefficient (Wildman–Crippen LogP) is 1.49. The molecule has 1 aromatic heterocycles. The van der Waals surface area contributed by atoms with E-state index in [1.165, 1.54) is 4.90 Å². The molecule has 0 atom stereocenters. The second kappa shape index (κ2) is 4.73. The highest BCUT2D eigenvalue weighted by atomic mass is 16.2. The van der Waals surface area contributed by atoms with Gasteiger partial charge in [0.05, 0.1) is 17.4 Å². The molecule has 20 heavy (non-hydrogen) atoms. The summed E-state index contributed by atoms with van der Waals surface area (Å²) in [6.07, 6.45) is 2.61. The zero-order chi connectivity index (χ0) is 14.1. The highest BCUT2D eigenvalue weighted by molar-refractivity contribution is 6.06. The third-order valence-corrected chi connectivity index (χ3v) is 3.19. The first-order chi connectivity index (χ1) is 9.67. The van der Waals surface area contributed by atoms with E-state index in [4.69, 9.17) is 0 Å². The zero-order valence-electron chi connectivity index (χ0n) is 10.5. The molecule has 0 radical (unpaired) electrons. The number of amides is 3. The van der Waals surface area contributed by atoms with Gasteiger partial charge in [-0.3, -0.25) is 24.8 Å². The van der Waals surface area contributed by atoms with Gasteiger partial charge in [-0.05, 0) is 24.3 Å². The van der Waals surface area contributed by atoms with Crippen LogP contribution in [0.5, 0.6) is 0 Å². The summed E-state index contributed by atoms with van der Waals surface area (Å²) in [5.41, 5.74) is 1.90. The summed E-state index contributed by atoms with van der Waals surface area (Å²) in [4.78, 5) is 39.4. The molecule has 1 saturated heterocycles. The number of aromatic nitrogens is 1. The van der Waals surface area contributed by atoms with Gasteiger partial charge in [-0.25, -0.2) is 4.79 Å². The normalized spacial score (nSPS) is 15.3. The van der Waals surface area contributed by atoms with E-state index in [-0.39, 0.29) is 12.3 Å². The topological polar surface area (TPSA) is 79.4 Å². The zero-order valence-corrected chi connectivity index (χ0v) is 10.5. The van der Waals surface area contributed by atoms with Gasteiger partial charge in [0.25, 0.3) is 0 Å². The van der Waals surface area contributed by atoms with E-state index in [0.717, 1.165) is 17.2 Å². The molecular formula is C14H11N3O3. The van der Waals surface area contributed by atoms with Crippen LogP contribution >= 0.6 is 0 Å². The lowest BCUT2D eigenvalue weighted by molar-refractivity contribution is -0.120. The number of pyridine rings is 1. The lowest BCUT2D eigenvalue weighted by atomic mass is 10.1. The summed E-state index contributed by atoms with van der Waals surface area (Å²) in [5.74, 6) is -0.275. The molecule has 3 rings (SSSR count). The van der Waals surface area contributed by atoms with Gasteiger partial charge >= 0.3 is 6.03 Å². The Morgan fingerprint density at radius 1 is 1.25 bits per heavy atom. The van der Waals surface area contributed by atoms with Crippen LogP contribution in [0.15, 0.2) is 30.5 Å². The predicted molar refractivity (Wildman–Crippen MR) is 72.6 cm³/mol. The van der Waals surface area contributed by atoms with E-state index in [0.29, 0.717) is 17.8 Å². The number of rotatable bonds is 2. The van der Waals surface area contributed by atoms with E-state index in [1.807, 2.05) is 0 Å². The average molecular weight is 269 g/mol. The van der Waals surface area contributed by atoms with Crippen molar-refractivity contribution >= 4 is 34.8 Å². The van der Waals surface area contributed by atoms with Crippen LogP contribution in [0.1, 0.15) is 16.8 Å². The monoisotopic (exact) mass is 269 g/mol. The molecule has 2 aromatic rings. The quantitative estimate of drug-likeness (QED) is 0.838. The first-order valence-electron chi connectivity index (χ1n) is 6.14. The minimum atomic E-state index is -0.450. The summed E-state index contributed by atoms with van der Waals surface area (Å²) < 4.78 is 0. The Balaban J connectivity index is 2.01. The van der Waals surface area contributed by atoms with Crippen molar-refractivity contribution in [3.63, 3.8) is 0 Å². The van der Waals surface area contributed by atoms with E-state index in [9.17, 15) is 14.4 Å². The van der Waals surface area contributed by atoms with Crippen molar-refractivity contribution in [1.82, 2.24) is 10.3 Å². The van der Waals surface area contributed by atoms with Crippen LogP contribution in [-0.4, -0.2) is 29.8 Å². The summed E-state index contributed by atoms with van der Waals surface area (Å²) >= 11 is 0. The standard InChI is InChI=1S/C14H11N3O3/c18-8-9-1-2-12-10(5-9)6-11(7-15-12)17-4-3-13(19)16-14(17)20/h1-2,5-8H,3-4H2,(H,16,19,20). The fourth-order valence-corrected chi connectivity index (χ4v) is 2.17. The van der Waals surface area contributed by atoms with Crippen molar-refractivity contribution in [3.05, 3.63) is 36.0 Å². The number of anilines is 1. The molecule has 1 fully saturated rings. The Bertz CT molecular complexity index is 727. The summed E-state index contributed by atoms with van der Waals surface area (Å²) in [5, 5.41) is 3.04. The average Bonchev–Trinajstić information content (AvgIpc) is 2.46. The van der Waals surface area contributed by atoms with Gasteiger partial charge in [0.1, 0.15) is 6.29 Å². The molecule has 2 heterocycles. The van der Waals surface area contributed by atoms with E-state index >= 15 is 0 Å². The first-order valence-corrected chi connectivity index (χ1v) is 6.14. The number of urea groups is 1. The van der Waals surface area contributed by atoms with Crippen LogP contribution in [0, 0.1) is 0 Å². The summed E-state index contributed by atoms with van der Waals surface area (Å²) in [6.45, 7) is 0.325. The van der Waals surface area contributed by atoms with Crippen molar-refractivity contribution < 1.29 is 14.4 Å². The number of fused-ring (bicyclic) bond motifs is 1. The van der Waals surface area contributed by atoms with Crippen LogP contribution in [0.2, 0.25) is 0 Å². The summed E-state index contributed by atoms with van der Waals surface area (Å²) in [6, 6.07) is 6.49. The molecule has 1 aliphatic heterocycles. The third-order valence-electron chi connectivity index (χ3n) is 3.19. The minimum Gasteiger partial charge on any atom is -0.298 e. The van der Waals surface area contributed by atoms with Gasteiger partial charge in [-0.15, -0.1) is 0 Å².